The van der Waals surface area contributed by atoms with Crippen LogP contribution in [0.3, 0.4) is 0 Å². The van der Waals surface area contributed by atoms with Crippen molar-refractivity contribution in [1.82, 2.24) is 23.8 Å². The molecule has 0 fully saturated rings. The minimum absolute atomic E-state index is 0.311. The lowest BCUT2D eigenvalue weighted by atomic mass is 10.1. The maximum Gasteiger partial charge on any atom is 0.279 e. The molecule has 0 radical (unpaired) electrons. The van der Waals surface area contributed by atoms with Crippen LogP contribution < -0.4 is 4.72 Å². The zero-order chi connectivity index (χ0) is 16.9. The van der Waals surface area contributed by atoms with Crippen molar-refractivity contribution in [1.29, 1.82) is 0 Å². The van der Waals surface area contributed by atoms with Gasteiger partial charge in [-0.3, -0.25) is 0 Å². The third-order valence-electron chi connectivity index (χ3n) is 3.64. The van der Waals surface area contributed by atoms with Crippen LogP contribution in [0.5, 0.6) is 0 Å². The number of nitrogens with zero attached hydrogens (tertiary/aromatic N) is 4. The van der Waals surface area contributed by atoms with Gasteiger partial charge in [0.15, 0.2) is 0 Å². The molecule has 0 spiro atoms. The van der Waals surface area contributed by atoms with E-state index in [1.165, 1.54) is 10.6 Å². The van der Waals surface area contributed by atoms with Gasteiger partial charge in [0, 0.05) is 19.6 Å². The van der Waals surface area contributed by atoms with Gasteiger partial charge in [-0.1, -0.05) is 25.5 Å². The molecule has 1 aromatic heterocycles. The lowest BCUT2D eigenvalue weighted by molar-refractivity contribution is 0.442. The summed E-state index contributed by atoms with van der Waals surface area (Å²) < 4.78 is 30.2. The van der Waals surface area contributed by atoms with E-state index in [1.54, 1.807) is 18.1 Å². The molecule has 8 heteroatoms. The van der Waals surface area contributed by atoms with Crippen LogP contribution in [0.1, 0.15) is 38.3 Å². The molecule has 0 saturated heterocycles. The molecule has 2 rings (SSSR count). The van der Waals surface area contributed by atoms with Crippen molar-refractivity contribution >= 4 is 10.2 Å². The summed E-state index contributed by atoms with van der Waals surface area (Å²) in [6, 6.07) is 7.23. The minimum Gasteiger partial charge on any atom is -0.223 e. The van der Waals surface area contributed by atoms with Crippen LogP contribution in [-0.2, 0) is 10.2 Å². The first-order valence-corrected chi connectivity index (χ1v) is 9.06. The van der Waals surface area contributed by atoms with Crippen molar-refractivity contribution in [2.45, 2.75) is 32.7 Å². The third kappa shape index (κ3) is 4.60. The molecule has 0 aliphatic carbocycles. The monoisotopic (exact) mass is 337 g/mol. The summed E-state index contributed by atoms with van der Waals surface area (Å²) in [5.41, 5.74) is 1.77. The molecular formula is C15H23N5O2S. The highest BCUT2D eigenvalue weighted by molar-refractivity contribution is 7.87. The minimum atomic E-state index is -3.48. The molecule has 1 aromatic carbocycles. The van der Waals surface area contributed by atoms with Crippen LogP contribution in [0, 0.1) is 0 Å². The summed E-state index contributed by atoms with van der Waals surface area (Å²) in [4.78, 5) is 3.90. The highest BCUT2D eigenvalue weighted by Gasteiger charge is 2.20. The molecule has 1 atom stereocenters. The van der Waals surface area contributed by atoms with Gasteiger partial charge in [0.1, 0.15) is 12.7 Å². The van der Waals surface area contributed by atoms with Crippen molar-refractivity contribution in [3.8, 4) is 5.69 Å². The lowest BCUT2D eigenvalue weighted by Gasteiger charge is -2.21. The first-order valence-electron chi connectivity index (χ1n) is 7.62. The standard InChI is InChI=1S/C15H23N5O2S/c1-4-5-10-19(3)23(21,22)18-13(2)14-6-8-15(9-7-14)20-12-16-11-17-20/h6-9,11-13,18H,4-5,10H2,1-3H3. The number of aromatic nitrogens is 3. The maximum absolute atomic E-state index is 12.3. The van der Waals surface area contributed by atoms with Crippen LogP contribution in [-0.4, -0.2) is 41.1 Å². The number of benzene rings is 1. The fourth-order valence-electron chi connectivity index (χ4n) is 2.14. The first kappa shape index (κ1) is 17.6. The Morgan fingerprint density at radius 3 is 2.57 bits per heavy atom. The molecule has 1 N–H and O–H groups in total. The van der Waals surface area contributed by atoms with Crippen LogP contribution in [0.15, 0.2) is 36.9 Å². The molecule has 23 heavy (non-hydrogen) atoms. The quantitative estimate of drug-likeness (QED) is 0.798. The third-order valence-corrected chi connectivity index (χ3v) is 5.29. The smallest absolute Gasteiger partial charge is 0.223 e. The molecular weight excluding hydrogens is 314 g/mol. The zero-order valence-electron chi connectivity index (χ0n) is 13.7. The second-order valence-corrected chi connectivity index (χ2v) is 7.26. The summed E-state index contributed by atoms with van der Waals surface area (Å²) in [5.74, 6) is 0. The van der Waals surface area contributed by atoms with E-state index in [0.29, 0.717) is 6.54 Å². The number of rotatable bonds is 8. The largest absolute Gasteiger partial charge is 0.279 e. The van der Waals surface area contributed by atoms with Gasteiger partial charge in [0.25, 0.3) is 10.2 Å². The molecule has 0 amide bonds. The average Bonchev–Trinajstić information content (AvgIpc) is 3.06. The fraction of sp³-hybridized carbons (Fsp3) is 0.467. The van der Waals surface area contributed by atoms with Crippen molar-refractivity contribution in [3.05, 3.63) is 42.5 Å². The second kappa shape index (κ2) is 7.67. The van der Waals surface area contributed by atoms with E-state index in [0.717, 1.165) is 24.1 Å². The van der Waals surface area contributed by atoms with Crippen LogP contribution >= 0.6 is 0 Å². The summed E-state index contributed by atoms with van der Waals surface area (Å²) in [5, 5.41) is 4.06. The SMILES string of the molecule is CCCCN(C)S(=O)(=O)NC(C)c1ccc(-n2cncn2)cc1. The van der Waals surface area contributed by atoms with Gasteiger partial charge in [0.2, 0.25) is 0 Å². The molecule has 1 heterocycles. The Hall–Kier alpha value is -1.77. The number of unbranched alkanes of at least 4 members (excludes halogenated alkanes) is 1. The molecule has 0 aliphatic rings. The maximum atomic E-state index is 12.3. The van der Waals surface area contributed by atoms with Gasteiger partial charge in [-0.15, -0.1) is 0 Å². The van der Waals surface area contributed by atoms with Crippen molar-refractivity contribution in [3.63, 3.8) is 0 Å². The fourth-order valence-corrected chi connectivity index (χ4v) is 3.27. The Balaban J connectivity index is 2.04. The molecule has 126 valence electrons. The van der Waals surface area contributed by atoms with Gasteiger partial charge in [0.05, 0.1) is 5.69 Å². The van der Waals surface area contributed by atoms with Gasteiger partial charge in [-0.25, -0.2) is 9.67 Å². The van der Waals surface area contributed by atoms with E-state index in [9.17, 15) is 8.42 Å². The van der Waals surface area contributed by atoms with E-state index < -0.39 is 10.2 Å². The molecule has 1 unspecified atom stereocenters. The van der Waals surface area contributed by atoms with Crippen LogP contribution in [0.25, 0.3) is 5.69 Å². The summed E-state index contributed by atoms with van der Waals surface area (Å²) in [6.45, 7) is 4.38. The van der Waals surface area contributed by atoms with Crippen molar-refractivity contribution in [2.24, 2.45) is 0 Å². The predicted octanol–water partition coefficient (Wildman–Crippen LogP) is 1.89. The molecule has 0 aliphatic heterocycles. The molecule has 7 nitrogen and oxygen atoms in total. The van der Waals surface area contributed by atoms with Crippen molar-refractivity contribution < 1.29 is 8.42 Å². The Morgan fingerprint density at radius 1 is 1.30 bits per heavy atom. The van der Waals surface area contributed by atoms with E-state index >= 15 is 0 Å². The Kier molecular flexibility index (Phi) is 5.86. The van der Waals surface area contributed by atoms with Gasteiger partial charge in [-0.05, 0) is 31.0 Å². The van der Waals surface area contributed by atoms with E-state index in [4.69, 9.17) is 0 Å². The van der Waals surface area contributed by atoms with Gasteiger partial charge >= 0.3 is 0 Å². The van der Waals surface area contributed by atoms with Gasteiger partial charge in [-0.2, -0.15) is 22.5 Å². The zero-order valence-corrected chi connectivity index (χ0v) is 14.5. The second-order valence-electron chi connectivity index (χ2n) is 5.45. The van der Waals surface area contributed by atoms with Crippen LogP contribution in [0.2, 0.25) is 0 Å². The summed E-state index contributed by atoms with van der Waals surface area (Å²) in [7, 11) is -1.88. The van der Waals surface area contributed by atoms with E-state index in [2.05, 4.69) is 14.8 Å². The number of hydrogen-bond donors (Lipinski definition) is 1. The first-order chi connectivity index (χ1) is 10.9. The van der Waals surface area contributed by atoms with Gasteiger partial charge < -0.3 is 0 Å². The summed E-state index contributed by atoms with van der Waals surface area (Å²) in [6.07, 6.45) is 4.89. The Bertz CT molecular complexity index is 698. The Labute approximate surface area is 137 Å². The van der Waals surface area contributed by atoms with E-state index in [1.807, 2.05) is 38.1 Å². The van der Waals surface area contributed by atoms with E-state index in [-0.39, 0.29) is 6.04 Å². The highest BCUT2D eigenvalue weighted by Crippen LogP contribution is 2.16. The summed E-state index contributed by atoms with van der Waals surface area (Å²) >= 11 is 0. The number of hydrogen-bond acceptors (Lipinski definition) is 4. The molecule has 0 bridgehead atoms. The Morgan fingerprint density at radius 2 is 2.00 bits per heavy atom. The van der Waals surface area contributed by atoms with Crippen LogP contribution in [0.4, 0.5) is 0 Å². The normalized spacial score (nSPS) is 13.4. The topological polar surface area (TPSA) is 80.1 Å². The van der Waals surface area contributed by atoms with Crippen molar-refractivity contribution in [2.75, 3.05) is 13.6 Å². The molecule has 0 saturated carbocycles. The predicted molar refractivity (Wildman–Crippen MR) is 89.4 cm³/mol. The number of nitrogens with one attached hydrogen (secondary N) is 1. The molecule has 2 aromatic rings. The highest BCUT2D eigenvalue weighted by atomic mass is 32.2. The lowest BCUT2D eigenvalue weighted by Crippen LogP contribution is -2.39. The average molecular weight is 337 g/mol.